The number of carbonyl (C=O) groups is 1. The molecular weight excluding hydrogens is 222 g/mol. The van der Waals surface area contributed by atoms with E-state index in [1.165, 1.54) is 0 Å². The Morgan fingerprint density at radius 2 is 2.24 bits per heavy atom. The molecule has 2 aliphatic heterocycles. The second-order valence-electron chi connectivity index (χ2n) is 4.15. The SMILES string of the molecule is COc1c2c(cc3c1C(=O)N(C)CC3)OCO2. The van der Waals surface area contributed by atoms with Gasteiger partial charge in [0.05, 0.1) is 12.7 Å². The van der Waals surface area contributed by atoms with Gasteiger partial charge in [-0.2, -0.15) is 0 Å². The number of likely N-dealkylation sites (N-methyl/N-ethyl adjacent to an activating group) is 1. The molecule has 1 aromatic carbocycles. The van der Waals surface area contributed by atoms with E-state index in [4.69, 9.17) is 14.2 Å². The van der Waals surface area contributed by atoms with Crippen molar-refractivity contribution in [2.45, 2.75) is 6.42 Å². The summed E-state index contributed by atoms with van der Waals surface area (Å²) in [4.78, 5) is 13.8. The third-order valence-corrected chi connectivity index (χ3v) is 3.18. The summed E-state index contributed by atoms with van der Waals surface area (Å²) in [5, 5.41) is 0. The monoisotopic (exact) mass is 235 g/mol. The Morgan fingerprint density at radius 1 is 1.41 bits per heavy atom. The number of rotatable bonds is 1. The fourth-order valence-corrected chi connectivity index (χ4v) is 2.27. The normalized spacial score (nSPS) is 17.1. The number of ether oxygens (including phenoxy) is 3. The van der Waals surface area contributed by atoms with Gasteiger partial charge in [-0.1, -0.05) is 0 Å². The first-order valence-corrected chi connectivity index (χ1v) is 5.47. The number of hydrogen-bond acceptors (Lipinski definition) is 4. The van der Waals surface area contributed by atoms with Crippen LogP contribution in [0, 0.1) is 0 Å². The molecule has 1 aromatic rings. The van der Waals surface area contributed by atoms with Crippen LogP contribution in [-0.2, 0) is 6.42 Å². The smallest absolute Gasteiger partial charge is 0.257 e. The number of methoxy groups -OCH3 is 1. The molecule has 0 N–H and O–H groups in total. The number of benzene rings is 1. The molecule has 2 heterocycles. The summed E-state index contributed by atoms with van der Waals surface area (Å²) < 4.78 is 16.0. The van der Waals surface area contributed by atoms with Gasteiger partial charge in [0, 0.05) is 13.6 Å². The lowest BCUT2D eigenvalue weighted by Crippen LogP contribution is -2.34. The quantitative estimate of drug-likeness (QED) is 0.730. The average molecular weight is 235 g/mol. The first-order valence-electron chi connectivity index (χ1n) is 5.47. The molecule has 0 fully saturated rings. The Balaban J connectivity index is 2.24. The van der Waals surface area contributed by atoms with E-state index in [0.717, 1.165) is 12.0 Å². The first-order chi connectivity index (χ1) is 8.22. The number of amides is 1. The van der Waals surface area contributed by atoms with Crippen LogP contribution in [0.2, 0.25) is 0 Å². The van der Waals surface area contributed by atoms with Gasteiger partial charge in [0.15, 0.2) is 11.5 Å². The Kier molecular flexibility index (Phi) is 2.14. The van der Waals surface area contributed by atoms with Gasteiger partial charge in [-0.3, -0.25) is 4.79 Å². The molecule has 0 saturated heterocycles. The first kappa shape index (κ1) is 10.3. The highest BCUT2D eigenvalue weighted by Crippen LogP contribution is 2.46. The highest BCUT2D eigenvalue weighted by molar-refractivity contribution is 6.00. The lowest BCUT2D eigenvalue weighted by Gasteiger charge is -2.26. The number of carbonyl (C=O) groups excluding carboxylic acids is 1. The summed E-state index contributed by atoms with van der Waals surface area (Å²) in [6.45, 7) is 0.896. The summed E-state index contributed by atoms with van der Waals surface area (Å²) in [5.41, 5.74) is 1.57. The fraction of sp³-hybridized carbons (Fsp3) is 0.417. The van der Waals surface area contributed by atoms with Crippen LogP contribution >= 0.6 is 0 Å². The van der Waals surface area contributed by atoms with E-state index >= 15 is 0 Å². The fourth-order valence-electron chi connectivity index (χ4n) is 2.27. The maximum Gasteiger partial charge on any atom is 0.257 e. The second-order valence-corrected chi connectivity index (χ2v) is 4.15. The Morgan fingerprint density at radius 3 is 3.00 bits per heavy atom. The van der Waals surface area contributed by atoms with Crippen LogP contribution in [0.15, 0.2) is 6.07 Å². The van der Waals surface area contributed by atoms with E-state index < -0.39 is 0 Å². The van der Waals surface area contributed by atoms with Gasteiger partial charge in [0.2, 0.25) is 12.5 Å². The molecule has 0 radical (unpaired) electrons. The molecule has 0 aromatic heterocycles. The van der Waals surface area contributed by atoms with Crippen LogP contribution in [0.3, 0.4) is 0 Å². The molecule has 90 valence electrons. The third kappa shape index (κ3) is 1.35. The zero-order chi connectivity index (χ0) is 12.0. The van der Waals surface area contributed by atoms with Crippen LogP contribution < -0.4 is 14.2 Å². The molecule has 0 aliphatic carbocycles. The van der Waals surface area contributed by atoms with Gasteiger partial charge in [0.1, 0.15) is 0 Å². The standard InChI is InChI=1S/C12H13NO4/c1-13-4-3-7-5-8-10(17-6-16-8)11(15-2)9(7)12(13)14/h5H,3-4,6H2,1-2H3. The molecule has 5 nitrogen and oxygen atoms in total. The number of nitrogens with zero attached hydrogens (tertiary/aromatic N) is 1. The molecule has 3 rings (SSSR count). The second kappa shape index (κ2) is 3.55. The zero-order valence-corrected chi connectivity index (χ0v) is 9.78. The van der Waals surface area contributed by atoms with Crippen molar-refractivity contribution >= 4 is 5.91 Å². The van der Waals surface area contributed by atoms with Crippen molar-refractivity contribution in [2.75, 3.05) is 27.5 Å². The number of fused-ring (bicyclic) bond motifs is 2. The van der Waals surface area contributed by atoms with Gasteiger partial charge in [-0.05, 0) is 18.1 Å². The zero-order valence-electron chi connectivity index (χ0n) is 9.78. The van der Waals surface area contributed by atoms with Gasteiger partial charge >= 0.3 is 0 Å². The van der Waals surface area contributed by atoms with Crippen LogP contribution in [0.5, 0.6) is 17.2 Å². The maximum atomic E-state index is 12.1. The topological polar surface area (TPSA) is 48.0 Å². The van der Waals surface area contributed by atoms with Gasteiger partial charge in [0.25, 0.3) is 5.91 Å². The van der Waals surface area contributed by atoms with Crippen molar-refractivity contribution < 1.29 is 19.0 Å². The van der Waals surface area contributed by atoms with E-state index in [0.29, 0.717) is 29.4 Å². The Bertz CT molecular complexity index is 498. The van der Waals surface area contributed by atoms with E-state index in [1.54, 1.807) is 19.1 Å². The summed E-state index contributed by atoms with van der Waals surface area (Å²) >= 11 is 0. The summed E-state index contributed by atoms with van der Waals surface area (Å²) in [6.07, 6.45) is 0.810. The Hall–Kier alpha value is -1.91. The van der Waals surface area contributed by atoms with Crippen molar-refractivity contribution in [2.24, 2.45) is 0 Å². The van der Waals surface area contributed by atoms with E-state index in [9.17, 15) is 4.79 Å². The van der Waals surface area contributed by atoms with Crippen LogP contribution in [0.1, 0.15) is 15.9 Å². The van der Waals surface area contributed by atoms with Crippen molar-refractivity contribution in [1.82, 2.24) is 4.90 Å². The van der Waals surface area contributed by atoms with Crippen LogP contribution in [-0.4, -0.2) is 38.3 Å². The predicted molar refractivity (Wildman–Crippen MR) is 59.8 cm³/mol. The highest BCUT2D eigenvalue weighted by Gasteiger charge is 2.32. The molecule has 0 saturated carbocycles. The minimum absolute atomic E-state index is 0.0265. The largest absolute Gasteiger partial charge is 0.492 e. The Labute approximate surface area is 98.9 Å². The summed E-state index contributed by atoms with van der Waals surface area (Å²) in [7, 11) is 3.33. The van der Waals surface area contributed by atoms with E-state index in [1.807, 2.05) is 6.07 Å². The average Bonchev–Trinajstić information content (AvgIpc) is 2.79. The van der Waals surface area contributed by atoms with Crippen molar-refractivity contribution in [3.05, 3.63) is 17.2 Å². The van der Waals surface area contributed by atoms with Crippen LogP contribution in [0.25, 0.3) is 0 Å². The molecule has 0 unspecified atom stereocenters. The van der Waals surface area contributed by atoms with Gasteiger partial charge < -0.3 is 19.1 Å². The van der Waals surface area contributed by atoms with Crippen molar-refractivity contribution in [1.29, 1.82) is 0 Å². The molecule has 2 aliphatic rings. The molecule has 5 heteroatoms. The minimum atomic E-state index is -0.0265. The van der Waals surface area contributed by atoms with Gasteiger partial charge in [-0.15, -0.1) is 0 Å². The summed E-state index contributed by atoms with van der Waals surface area (Å²) in [5.74, 6) is 1.67. The lowest BCUT2D eigenvalue weighted by molar-refractivity contribution is 0.0776. The predicted octanol–water partition coefficient (Wildman–Crippen LogP) is 1.05. The molecule has 1 amide bonds. The maximum absolute atomic E-state index is 12.1. The third-order valence-electron chi connectivity index (χ3n) is 3.18. The van der Waals surface area contributed by atoms with Gasteiger partial charge in [-0.25, -0.2) is 0 Å². The molecule has 0 atom stereocenters. The van der Waals surface area contributed by atoms with Crippen molar-refractivity contribution in [3.8, 4) is 17.2 Å². The molecular formula is C12H13NO4. The van der Waals surface area contributed by atoms with E-state index in [2.05, 4.69) is 0 Å². The highest BCUT2D eigenvalue weighted by atomic mass is 16.7. The van der Waals surface area contributed by atoms with Crippen LogP contribution in [0.4, 0.5) is 0 Å². The summed E-state index contributed by atoms with van der Waals surface area (Å²) in [6, 6.07) is 1.88. The minimum Gasteiger partial charge on any atom is -0.492 e. The lowest BCUT2D eigenvalue weighted by atomic mass is 9.97. The van der Waals surface area contributed by atoms with E-state index in [-0.39, 0.29) is 12.7 Å². The molecule has 0 bridgehead atoms. The number of hydrogen-bond donors (Lipinski definition) is 0. The molecule has 0 spiro atoms. The molecule has 17 heavy (non-hydrogen) atoms. The van der Waals surface area contributed by atoms with Crippen molar-refractivity contribution in [3.63, 3.8) is 0 Å².